The first-order chi connectivity index (χ1) is 6.95. The molecular weight excluding hydrogens is 172 g/mol. The average Bonchev–Trinajstić information content (AvgIpc) is 2.86. The number of hydrogen-bond acceptors (Lipinski definition) is 2. The standard InChI is InChI=1S/C12H20N2/c1-2-6-11(5-1)9-13-14-10-12-7-3-4-8-12/h9-12H,1-8H2/b13-9+,14-10+. The van der Waals surface area contributed by atoms with E-state index in [-0.39, 0.29) is 0 Å². The molecule has 2 nitrogen and oxygen atoms in total. The molecule has 0 radical (unpaired) electrons. The summed E-state index contributed by atoms with van der Waals surface area (Å²) in [5.41, 5.74) is 0. The van der Waals surface area contributed by atoms with Crippen molar-refractivity contribution in [2.75, 3.05) is 0 Å². The van der Waals surface area contributed by atoms with Crippen molar-refractivity contribution < 1.29 is 0 Å². The second kappa shape index (κ2) is 5.28. The van der Waals surface area contributed by atoms with Crippen LogP contribution >= 0.6 is 0 Å². The maximum atomic E-state index is 4.16. The van der Waals surface area contributed by atoms with Crippen molar-refractivity contribution in [2.24, 2.45) is 22.0 Å². The van der Waals surface area contributed by atoms with Crippen LogP contribution in [0.3, 0.4) is 0 Å². The minimum absolute atomic E-state index is 0.718. The quantitative estimate of drug-likeness (QED) is 0.483. The van der Waals surface area contributed by atoms with Crippen molar-refractivity contribution in [3.63, 3.8) is 0 Å². The van der Waals surface area contributed by atoms with Gasteiger partial charge in [-0.15, -0.1) is 0 Å². The lowest BCUT2D eigenvalue weighted by molar-refractivity contribution is 0.734. The fourth-order valence-corrected chi connectivity index (χ4v) is 2.48. The molecule has 0 bridgehead atoms. The molecule has 2 fully saturated rings. The highest BCUT2D eigenvalue weighted by Gasteiger charge is 2.13. The maximum Gasteiger partial charge on any atom is 0.0301 e. The third-order valence-corrected chi connectivity index (χ3v) is 3.42. The van der Waals surface area contributed by atoms with Crippen LogP contribution in [0.15, 0.2) is 10.2 Å². The highest BCUT2D eigenvalue weighted by molar-refractivity contribution is 5.64. The van der Waals surface area contributed by atoms with Gasteiger partial charge in [0.25, 0.3) is 0 Å². The van der Waals surface area contributed by atoms with E-state index in [0.29, 0.717) is 0 Å². The van der Waals surface area contributed by atoms with Gasteiger partial charge in [-0.2, -0.15) is 10.2 Å². The SMILES string of the molecule is C(=N\N=C\C1CCCC1)/C1CCCC1. The molecule has 0 aromatic heterocycles. The van der Waals surface area contributed by atoms with Crippen molar-refractivity contribution in [3.05, 3.63) is 0 Å². The summed E-state index contributed by atoms with van der Waals surface area (Å²) in [5, 5.41) is 8.32. The normalized spacial score (nSPS) is 26.0. The van der Waals surface area contributed by atoms with Gasteiger partial charge in [0.15, 0.2) is 0 Å². The predicted octanol–water partition coefficient (Wildman–Crippen LogP) is 3.42. The summed E-state index contributed by atoms with van der Waals surface area (Å²) in [6.45, 7) is 0. The Bertz CT molecular complexity index is 184. The number of rotatable bonds is 3. The van der Waals surface area contributed by atoms with Crippen molar-refractivity contribution in [1.82, 2.24) is 0 Å². The molecular formula is C12H20N2. The Morgan fingerprint density at radius 1 is 0.643 bits per heavy atom. The summed E-state index contributed by atoms with van der Waals surface area (Å²) < 4.78 is 0. The highest BCUT2D eigenvalue weighted by Crippen LogP contribution is 2.23. The Hall–Kier alpha value is -0.660. The van der Waals surface area contributed by atoms with Gasteiger partial charge in [-0.1, -0.05) is 25.7 Å². The topological polar surface area (TPSA) is 24.7 Å². The molecule has 2 heteroatoms. The summed E-state index contributed by atoms with van der Waals surface area (Å²) >= 11 is 0. The van der Waals surface area contributed by atoms with E-state index in [0.717, 1.165) is 11.8 Å². The van der Waals surface area contributed by atoms with Gasteiger partial charge < -0.3 is 0 Å². The van der Waals surface area contributed by atoms with E-state index in [2.05, 4.69) is 22.6 Å². The van der Waals surface area contributed by atoms with E-state index in [1.54, 1.807) is 0 Å². The molecule has 2 aliphatic rings. The summed E-state index contributed by atoms with van der Waals surface area (Å²) in [7, 11) is 0. The molecule has 78 valence electrons. The molecule has 2 rings (SSSR count). The molecule has 2 saturated carbocycles. The third kappa shape index (κ3) is 2.93. The molecule has 0 spiro atoms. The number of hydrogen-bond donors (Lipinski definition) is 0. The molecule has 0 saturated heterocycles. The monoisotopic (exact) mass is 192 g/mol. The number of nitrogens with zero attached hydrogens (tertiary/aromatic N) is 2. The maximum absolute atomic E-state index is 4.16. The van der Waals surface area contributed by atoms with Gasteiger partial charge in [0, 0.05) is 12.4 Å². The Balaban J connectivity index is 1.69. The molecule has 0 aliphatic heterocycles. The molecule has 14 heavy (non-hydrogen) atoms. The van der Waals surface area contributed by atoms with Gasteiger partial charge >= 0.3 is 0 Å². The summed E-state index contributed by atoms with van der Waals surface area (Å²) in [6, 6.07) is 0. The summed E-state index contributed by atoms with van der Waals surface area (Å²) in [6.07, 6.45) is 14.9. The molecule has 0 amide bonds. The van der Waals surface area contributed by atoms with Crippen molar-refractivity contribution in [3.8, 4) is 0 Å². The lowest BCUT2D eigenvalue weighted by Gasteiger charge is -1.98. The van der Waals surface area contributed by atoms with Crippen LogP contribution in [0.25, 0.3) is 0 Å². The van der Waals surface area contributed by atoms with Crippen LogP contribution in [0.1, 0.15) is 51.4 Å². The first-order valence-corrected chi connectivity index (χ1v) is 6.02. The minimum atomic E-state index is 0.718. The summed E-state index contributed by atoms with van der Waals surface area (Å²) in [4.78, 5) is 0. The van der Waals surface area contributed by atoms with Crippen LogP contribution in [0.4, 0.5) is 0 Å². The van der Waals surface area contributed by atoms with Crippen molar-refractivity contribution >= 4 is 12.4 Å². The van der Waals surface area contributed by atoms with Crippen molar-refractivity contribution in [1.29, 1.82) is 0 Å². The molecule has 0 atom stereocenters. The molecule has 0 aromatic carbocycles. The first kappa shape index (κ1) is 9.88. The Kier molecular flexibility index (Phi) is 3.72. The lowest BCUT2D eigenvalue weighted by Crippen LogP contribution is -1.95. The lowest BCUT2D eigenvalue weighted by atomic mass is 10.1. The fraction of sp³-hybridized carbons (Fsp3) is 0.833. The van der Waals surface area contributed by atoms with E-state index in [1.807, 2.05) is 0 Å². The fourth-order valence-electron chi connectivity index (χ4n) is 2.48. The van der Waals surface area contributed by atoms with Crippen LogP contribution in [0.5, 0.6) is 0 Å². The van der Waals surface area contributed by atoms with Crippen LogP contribution in [-0.2, 0) is 0 Å². The van der Waals surface area contributed by atoms with Crippen LogP contribution in [-0.4, -0.2) is 12.4 Å². The second-order valence-corrected chi connectivity index (χ2v) is 4.62. The second-order valence-electron chi connectivity index (χ2n) is 4.62. The van der Waals surface area contributed by atoms with Gasteiger partial charge in [-0.3, -0.25) is 0 Å². The van der Waals surface area contributed by atoms with E-state index < -0.39 is 0 Å². The zero-order valence-corrected chi connectivity index (χ0v) is 8.86. The Morgan fingerprint density at radius 3 is 1.36 bits per heavy atom. The average molecular weight is 192 g/mol. The van der Waals surface area contributed by atoms with Gasteiger partial charge in [0.2, 0.25) is 0 Å². The Labute approximate surface area is 86.5 Å². The molecule has 0 N–H and O–H groups in total. The van der Waals surface area contributed by atoms with Crippen LogP contribution < -0.4 is 0 Å². The van der Waals surface area contributed by atoms with Gasteiger partial charge in [-0.25, -0.2) is 0 Å². The van der Waals surface area contributed by atoms with Crippen LogP contribution in [0.2, 0.25) is 0 Å². The Morgan fingerprint density at radius 2 is 1.00 bits per heavy atom. The largest absolute Gasteiger partial charge is 0.164 e. The van der Waals surface area contributed by atoms with Gasteiger partial charge in [0.1, 0.15) is 0 Å². The van der Waals surface area contributed by atoms with Gasteiger partial charge in [0.05, 0.1) is 0 Å². The zero-order chi connectivity index (χ0) is 9.64. The summed E-state index contributed by atoms with van der Waals surface area (Å²) in [5.74, 6) is 1.44. The van der Waals surface area contributed by atoms with Gasteiger partial charge in [-0.05, 0) is 37.5 Å². The van der Waals surface area contributed by atoms with Crippen molar-refractivity contribution in [2.45, 2.75) is 51.4 Å². The first-order valence-electron chi connectivity index (χ1n) is 6.02. The third-order valence-electron chi connectivity index (χ3n) is 3.42. The minimum Gasteiger partial charge on any atom is -0.164 e. The van der Waals surface area contributed by atoms with E-state index in [9.17, 15) is 0 Å². The predicted molar refractivity (Wildman–Crippen MR) is 60.9 cm³/mol. The zero-order valence-electron chi connectivity index (χ0n) is 8.86. The molecule has 0 aromatic rings. The molecule has 2 aliphatic carbocycles. The smallest absolute Gasteiger partial charge is 0.0301 e. The van der Waals surface area contributed by atoms with E-state index in [1.165, 1.54) is 51.4 Å². The highest BCUT2D eigenvalue weighted by atomic mass is 15.2. The molecule has 0 heterocycles. The van der Waals surface area contributed by atoms with E-state index in [4.69, 9.17) is 0 Å². The molecule has 0 unspecified atom stereocenters. The van der Waals surface area contributed by atoms with E-state index >= 15 is 0 Å². The van der Waals surface area contributed by atoms with Crippen LogP contribution in [0, 0.1) is 11.8 Å².